The molecule has 0 spiro atoms. The number of Topliss-reactive ketones (excluding diaryl/α,β-unsaturated/α-hetero) is 1. The Hall–Kier alpha value is -1.87. The fraction of sp³-hybridized carbons (Fsp3) is 0.143. The molecule has 0 radical (unpaired) electrons. The summed E-state index contributed by atoms with van der Waals surface area (Å²) in [5.74, 6) is 0.552. The van der Waals surface area contributed by atoms with Crippen molar-refractivity contribution in [2.24, 2.45) is 0 Å². The van der Waals surface area contributed by atoms with Crippen LogP contribution in [0.25, 0.3) is 0 Å². The Labute approximate surface area is 110 Å². The Kier molecular flexibility index (Phi) is 3.95. The molecule has 18 heavy (non-hydrogen) atoms. The number of ketones is 1. The van der Waals surface area contributed by atoms with Gasteiger partial charge in [-0.3, -0.25) is 9.78 Å². The zero-order valence-corrected chi connectivity index (χ0v) is 10.6. The first-order valence-corrected chi connectivity index (χ1v) is 5.87. The molecular weight excluding hydrogens is 250 g/mol. The number of nitrogens with zero attached hydrogens (tertiary/aromatic N) is 1. The zero-order valence-electron chi connectivity index (χ0n) is 9.89. The van der Waals surface area contributed by atoms with Gasteiger partial charge in [-0.1, -0.05) is 11.6 Å². The van der Waals surface area contributed by atoms with E-state index < -0.39 is 0 Å². The minimum atomic E-state index is -0.0161. The molecule has 0 saturated heterocycles. The van der Waals surface area contributed by atoms with Crippen LogP contribution in [0.2, 0.25) is 5.02 Å². The van der Waals surface area contributed by atoms with Gasteiger partial charge in [-0.15, -0.1) is 0 Å². The highest BCUT2D eigenvalue weighted by Crippen LogP contribution is 2.26. The third kappa shape index (κ3) is 3.08. The van der Waals surface area contributed by atoms with Gasteiger partial charge in [0.2, 0.25) is 0 Å². The highest BCUT2D eigenvalue weighted by atomic mass is 35.5. The average Bonchev–Trinajstić information content (AvgIpc) is 2.38. The van der Waals surface area contributed by atoms with E-state index >= 15 is 0 Å². The summed E-state index contributed by atoms with van der Waals surface area (Å²) in [7, 11) is 0. The standard InChI is InChI=1S/C14H12ClNO2/c1-10(17)12-2-3-14(13(15)8-12)18-9-11-4-6-16-7-5-11/h2-8H,9H2,1H3. The number of ether oxygens (including phenoxy) is 1. The number of pyridine rings is 1. The molecule has 1 aromatic carbocycles. The average molecular weight is 262 g/mol. The molecule has 1 heterocycles. The molecule has 0 aliphatic carbocycles. The van der Waals surface area contributed by atoms with Crippen molar-refractivity contribution in [3.63, 3.8) is 0 Å². The number of aromatic nitrogens is 1. The van der Waals surface area contributed by atoms with Crippen LogP contribution in [-0.2, 0) is 6.61 Å². The maximum Gasteiger partial charge on any atom is 0.159 e. The first-order valence-electron chi connectivity index (χ1n) is 5.49. The topological polar surface area (TPSA) is 39.2 Å². The van der Waals surface area contributed by atoms with E-state index in [1.165, 1.54) is 6.92 Å². The Balaban J connectivity index is 2.08. The van der Waals surface area contributed by atoms with Crippen LogP contribution in [0.15, 0.2) is 42.7 Å². The molecule has 0 bridgehead atoms. The predicted octanol–water partition coefficient (Wildman–Crippen LogP) is 3.52. The number of carbonyl (C=O) groups is 1. The van der Waals surface area contributed by atoms with Crippen LogP contribution in [0.3, 0.4) is 0 Å². The van der Waals surface area contributed by atoms with Crippen LogP contribution in [-0.4, -0.2) is 10.8 Å². The first kappa shape index (κ1) is 12.6. The first-order chi connectivity index (χ1) is 8.66. The molecule has 3 nitrogen and oxygen atoms in total. The summed E-state index contributed by atoms with van der Waals surface area (Å²) < 4.78 is 5.59. The van der Waals surface area contributed by atoms with E-state index in [4.69, 9.17) is 16.3 Å². The Morgan fingerprint density at radius 2 is 2.00 bits per heavy atom. The van der Waals surface area contributed by atoms with Crippen molar-refractivity contribution in [1.29, 1.82) is 0 Å². The SMILES string of the molecule is CC(=O)c1ccc(OCc2ccncc2)c(Cl)c1. The van der Waals surface area contributed by atoms with Gasteiger partial charge in [-0.05, 0) is 42.8 Å². The van der Waals surface area contributed by atoms with Gasteiger partial charge in [0.1, 0.15) is 12.4 Å². The second kappa shape index (κ2) is 5.65. The maximum atomic E-state index is 11.2. The van der Waals surface area contributed by atoms with E-state index in [1.54, 1.807) is 30.6 Å². The van der Waals surface area contributed by atoms with Crippen molar-refractivity contribution in [2.75, 3.05) is 0 Å². The fourth-order valence-electron chi connectivity index (χ4n) is 1.48. The van der Waals surface area contributed by atoms with Gasteiger partial charge in [-0.25, -0.2) is 0 Å². The van der Waals surface area contributed by atoms with Crippen molar-refractivity contribution in [3.05, 3.63) is 58.9 Å². The lowest BCUT2D eigenvalue weighted by Crippen LogP contribution is -1.97. The third-order valence-electron chi connectivity index (χ3n) is 2.48. The largest absolute Gasteiger partial charge is 0.487 e. The number of rotatable bonds is 4. The third-order valence-corrected chi connectivity index (χ3v) is 2.78. The number of halogens is 1. The monoisotopic (exact) mass is 261 g/mol. The van der Waals surface area contributed by atoms with E-state index in [0.717, 1.165) is 5.56 Å². The van der Waals surface area contributed by atoms with Gasteiger partial charge in [0.05, 0.1) is 5.02 Å². The molecule has 0 saturated carbocycles. The lowest BCUT2D eigenvalue weighted by Gasteiger charge is -2.08. The summed E-state index contributed by atoms with van der Waals surface area (Å²) in [4.78, 5) is 15.1. The van der Waals surface area contributed by atoms with Crippen LogP contribution < -0.4 is 4.74 Å². The Bertz CT molecular complexity index is 555. The van der Waals surface area contributed by atoms with Crippen LogP contribution in [0.4, 0.5) is 0 Å². The zero-order chi connectivity index (χ0) is 13.0. The molecular formula is C14H12ClNO2. The summed E-state index contributed by atoms with van der Waals surface area (Å²) in [5, 5.41) is 0.441. The van der Waals surface area contributed by atoms with Gasteiger partial charge in [0.25, 0.3) is 0 Å². The second-order valence-electron chi connectivity index (χ2n) is 3.85. The normalized spacial score (nSPS) is 10.1. The van der Waals surface area contributed by atoms with E-state index in [1.807, 2.05) is 12.1 Å². The van der Waals surface area contributed by atoms with Gasteiger partial charge in [0, 0.05) is 18.0 Å². The molecule has 0 amide bonds. The van der Waals surface area contributed by atoms with Crippen LogP contribution >= 0.6 is 11.6 Å². The lowest BCUT2D eigenvalue weighted by atomic mass is 10.1. The minimum absolute atomic E-state index is 0.0161. The fourth-order valence-corrected chi connectivity index (χ4v) is 1.71. The summed E-state index contributed by atoms with van der Waals surface area (Å²) in [6.45, 7) is 1.92. The summed E-state index contributed by atoms with van der Waals surface area (Å²) >= 11 is 6.05. The van der Waals surface area contributed by atoms with Crippen molar-refractivity contribution in [2.45, 2.75) is 13.5 Å². The maximum absolute atomic E-state index is 11.2. The number of carbonyl (C=O) groups excluding carboxylic acids is 1. The summed E-state index contributed by atoms with van der Waals surface area (Å²) in [6, 6.07) is 8.78. The molecule has 1 aromatic heterocycles. The molecule has 0 N–H and O–H groups in total. The predicted molar refractivity (Wildman–Crippen MR) is 70.0 cm³/mol. The molecule has 0 aliphatic heterocycles. The number of benzene rings is 1. The van der Waals surface area contributed by atoms with E-state index in [2.05, 4.69) is 4.98 Å². The van der Waals surface area contributed by atoms with E-state index in [9.17, 15) is 4.79 Å². The van der Waals surface area contributed by atoms with Crippen molar-refractivity contribution >= 4 is 17.4 Å². The smallest absolute Gasteiger partial charge is 0.159 e. The van der Waals surface area contributed by atoms with Gasteiger partial charge in [-0.2, -0.15) is 0 Å². The van der Waals surface area contributed by atoms with Crippen LogP contribution in [0.1, 0.15) is 22.8 Å². The summed E-state index contributed by atoms with van der Waals surface area (Å²) in [6.07, 6.45) is 3.41. The van der Waals surface area contributed by atoms with Gasteiger partial charge >= 0.3 is 0 Å². The lowest BCUT2D eigenvalue weighted by molar-refractivity contribution is 0.101. The molecule has 2 aromatic rings. The van der Waals surface area contributed by atoms with E-state index in [0.29, 0.717) is 22.9 Å². The molecule has 4 heteroatoms. The van der Waals surface area contributed by atoms with Crippen molar-refractivity contribution < 1.29 is 9.53 Å². The molecule has 0 atom stereocenters. The van der Waals surface area contributed by atoms with Crippen molar-refractivity contribution in [3.8, 4) is 5.75 Å². The van der Waals surface area contributed by atoms with Crippen LogP contribution in [0, 0.1) is 0 Å². The Morgan fingerprint density at radius 1 is 1.28 bits per heavy atom. The molecule has 0 unspecified atom stereocenters. The van der Waals surface area contributed by atoms with Crippen LogP contribution in [0.5, 0.6) is 5.75 Å². The highest BCUT2D eigenvalue weighted by molar-refractivity contribution is 6.32. The molecule has 2 rings (SSSR count). The Morgan fingerprint density at radius 3 is 2.61 bits per heavy atom. The second-order valence-corrected chi connectivity index (χ2v) is 4.25. The van der Waals surface area contributed by atoms with Gasteiger partial charge < -0.3 is 4.74 Å². The highest BCUT2D eigenvalue weighted by Gasteiger charge is 2.06. The molecule has 0 fully saturated rings. The van der Waals surface area contributed by atoms with Gasteiger partial charge in [0.15, 0.2) is 5.78 Å². The van der Waals surface area contributed by atoms with Crippen molar-refractivity contribution in [1.82, 2.24) is 4.98 Å². The number of hydrogen-bond acceptors (Lipinski definition) is 3. The van der Waals surface area contributed by atoms with E-state index in [-0.39, 0.29) is 5.78 Å². The number of hydrogen-bond donors (Lipinski definition) is 0. The quantitative estimate of drug-likeness (QED) is 0.791. The summed E-state index contributed by atoms with van der Waals surface area (Å²) in [5.41, 5.74) is 1.59. The molecule has 0 aliphatic rings. The minimum Gasteiger partial charge on any atom is -0.487 e. The molecule has 92 valence electrons.